The number of anilines is 1. The van der Waals surface area contributed by atoms with E-state index in [4.69, 9.17) is 0 Å². The summed E-state index contributed by atoms with van der Waals surface area (Å²) in [6, 6.07) is 8.60. The number of benzene rings is 1. The Morgan fingerprint density at radius 1 is 1.44 bits per heavy atom. The number of rotatable bonds is 3. The summed E-state index contributed by atoms with van der Waals surface area (Å²) in [6.45, 7) is 5.10. The normalized spacial score (nSPS) is 17.7. The highest BCUT2D eigenvalue weighted by molar-refractivity contribution is 5.94. The molecule has 18 heavy (non-hydrogen) atoms. The zero-order chi connectivity index (χ0) is 13.1. The van der Waals surface area contributed by atoms with E-state index in [2.05, 4.69) is 19.9 Å². The Balaban J connectivity index is 2.15. The molecule has 0 spiro atoms. The van der Waals surface area contributed by atoms with E-state index in [1.54, 1.807) is 0 Å². The summed E-state index contributed by atoms with van der Waals surface area (Å²) < 4.78 is 0. The Labute approximate surface area is 109 Å². The summed E-state index contributed by atoms with van der Waals surface area (Å²) in [7, 11) is 1.89. The number of unbranched alkanes of at least 4 members (excludes halogenated alkanes) is 1. The van der Waals surface area contributed by atoms with Crippen molar-refractivity contribution in [3.63, 3.8) is 0 Å². The molecule has 1 aromatic carbocycles. The van der Waals surface area contributed by atoms with Crippen molar-refractivity contribution in [2.45, 2.75) is 39.2 Å². The fourth-order valence-electron chi connectivity index (χ4n) is 2.53. The Morgan fingerprint density at radius 3 is 2.89 bits per heavy atom. The summed E-state index contributed by atoms with van der Waals surface area (Å²) >= 11 is 0. The molecule has 0 N–H and O–H groups in total. The molecule has 3 heteroatoms. The van der Waals surface area contributed by atoms with Crippen LogP contribution in [0.4, 0.5) is 10.5 Å². The van der Waals surface area contributed by atoms with Crippen molar-refractivity contribution < 1.29 is 4.79 Å². The van der Waals surface area contributed by atoms with Crippen LogP contribution in [0.15, 0.2) is 24.3 Å². The van der Waals surface area contributed by atoms with E-state index in [0.717, 1.165) is 31.5 Å². The zero-order valence-electron chi connectivity index (χ0n) is 11.5. The first kappa shape index (κ1) is 12.9. The second-order valence-corrected chi connectivity index (χ2v) is 5.11. The largest absolute Gasteiger partial charge is 0.327 e. The minimum Gasteiger partial charge on any atom is -0.327 e. The number of carbonyl (C=O) groups excluding carboxylic acids is 1. The van der Waals surface area contributed by atoms with Crippen LogP contribution in [0, 0.1) is 0 Å². The fraction of sp³-hybridized carbons (Fsp3) is 0.533. The van der Waals surface area contributed by atoms with Gasteiger partial charge in [-0.15, -0.1) is 0 Å². The highest BCUT2D eigenvalue weighted by Gasteiger charge is 2.31. The van der Waals surface area contributed by atoms with Crippen LogP contribution in [-0.2, 0) is 6.42 Å². The summed E-state index contributed by atoms with van der Waals surface area (Å²) in [4.78, 5) is 16.2. The number of carbonyl (C=O) groups is 1. The number of amides is 2. The molecule has 0 saturated heterocycles. The molecule has 3 nitrogen and oxygen atoms in total. The zero-order valence-corrected chi connectivity index (χ0v) is 11.5. The SMILES string of the molecule is CCCCN(C)C(=O)N1c2ccccc2CC1C. The standard InChI is InChI=1S/C15H22N2O/c1-4-5-10-16(3)15(18)17-12(2)11-13-8-6-7-9-14(13)17/h6-9,12H,4-5,10-11H2,1-3H3. The highest BCUT2D eigenvalue weighted by atomic mass is 16.2. The molecule has 1 unspecified atom stereocenters. The second-order valence-electron chi connectivity index (χ2n) is 5.11. The maximum atomic E-state index is 12.5. The van der Waals surface area contributed by atoms with Gasteiger partial charge >= 0.3 is 6.03 Å². The lowest BCUT2D eigenvalue weighted by atomic mass is 10.1. The summed E-state index contributed by atoms with van der Waals surface area (Å²) in [5.74, 6) is 0. The molecule has 98 valence electrons. The van der Waals surface area contributed by atoms with Crippen molar-refractivity contribution >= 4 is 11.7 Å². The lowest BCUT2D eigenvalue weighted by Gasteiger charge is -2.28. The van der Waals surface area contributed by atoms with Crippen LogP contribution in [0.25, 0.3) is 0 Å². The maximum absolute atomic E-state index is 12.5. The van der Waals surface area contributed by atoms with Crippen molar-refractivity contribution in [1.29, 1.82) is 0 Å². The molecule has 1 heterocycles. The maximum Gasteiger partial charge on any atom is 0.324 e. The quantitative estimate of drug-likeness (QED) is 0.802. The van der Waals surface area contributed by atoms with E-state index >= 15 is 0 Å². The molecule has 0 saturated carbocycles. The van der Waals surface area contributed by atoms with Gasteiger partial charge < -0.3 is 4.90 Å². The number of nitrogens with zero attached hydrogens (tertiary/aromatic N) is 2. The van der Waals surface area contributed by atoms with Crippen LogP contribution < -0.4 is 4.90 Å². The van der Waals surface area contributed by atoms with Gasteiger partial charge in [0.25, 0.3) is 0 Å². The average molecular weight is 246 g/mol. The molecule has 1 aliphatic rings. The third-order valence-corrected chi connectivity index (χ3v) is 3.59. The predicted molar refractivity (Wildman–Crippen MR) is 75.0 cm³/mol. The Morgan fingerprint density at radius 2 is 2.17 bits per heavy atom. The first-order chi connectivity index (χ1) is 8.65. The molecule has 0 aromatic heterocycles. The lowest BCUT2D eigenvalue weighted by molar-refractivity contribution is 0.213. The Hall–Kier alpha value is -1.51. The molecule has 2 rings (SSSR count). The summed E-state index contributed by atoms with van der Waals surface area (Å²) in [5, 5.41) is 0. The van der Waals surface area contributed by atoms with E-state index in [0.29, 0.717) is 0 Å². The van der Waals surface area contributed by atoms with E-state index in [1.807, 2.05) is 35.0 Å². The van der Waals surface area contributed by atoms with E-state index in [-0.39, 0.29) is 12.1 Å². The third-order valence-electron chi connectivity index (χ3n) is 3.59. The van der Waals surface area contributed by atoms with E-state index in [9.17, 15) is 4.79 Å². The van der Waals surface area contributed by atoms with Crippen LogP contribution in [0.5, 0.6) is 0 Å². The summed E-state index contributed by atoms with van der Waals surface area (Å²) in [5.41, 5.74) is 2.36. The van der Waals surface area contributed by atoms with Crippen molar-refractivity contribution in [3.8, 4) is 0 Å². The molecule has 1 aromatic rings. The van der Waals surface area contributed by atoms with Gasteiger partial charge in [0.1, 0.15) is 0 Å². The fourth-order valence-corrected chi connectivity index (χ4v) is 2.53. The minimum absolute atomic E-state index is 0.126. The summed E-state index contributed by atoms with van der Waals surface area (Å²) in [6.07, 6.45) is 3.14. The van der Waals surface area contributed by atoms with Gasteiger partial charge in [-0.05, 0) is 31.4 Å². The van der Waals surface area contributed by atoms with Crippen LogP contribution in [-0.4, -0.2) is 30.6 Å². The first-order valence-corrected chi connectivity index (χ1v) is 6.77. The molecule has 0 fully saturated rings. The lowest BCUT2D eigenvalue weighted by Crippen LogP contribution is -2.44. The highest BCUT2D eigenvalue weighted by Crippen LogP contribution is 2.32. The van der Waals surface area contributed by atoms with Gasteiger partial charge in [-0.2, -0.15) is 0 Å². The van der Waals surface area contributed by atoms with Gasteiger partial charge in [0, 0.05) is 25.3 Å². The van der Waals surface area contributed by atoms with Crippen LogP contribution in [0.2, 0.25) is 0 Å². The van der Waals surface area contributed by atoms with Crippen LogP contribution >= 0.6 is 0 Å². The van der Waals surface area contributed by atoms with Gasteiger partial charge in [0.05, 0.1) is 0 Å². The third kappa shape index (κ3) is 2.35. The number of urea groups is 1. The molecular formula is C15H22N2O. The molecule has 0 aliphatic carbocycles. The molecule has 0 bridgehead atoms. The van der Waals surface area contributed by atoms with Gasteiger partial charge in [0.15, 0.2) is 0 Å². The van der Waals surface area contributed by atoms with Gasteiger partial charge in [0.2, 0.25) is 0 Å². The molecule has 2 amide bonds. The monoisotopic (exact) mass is 246 g/mol. The number of hydrogen-bond donors (Lipinski definition) is 0. The van der Waals surface area contributed by atoms with Crippen LogP contribution in [0.1, 0.15) is 32.3 Å². The van der Waals surface area contributed by atoms with Gasteiger partial charge in [-0.25, -0.2) is 4.79 Å². The van der Waals surface area contributed by atoms with Crippen molar-refractivity contribution in [2.24, 2.45) is 0 Å². The number of fused-ring (bicyclic) bond motifs is 1. The Kier molecular flexibility index (Phi) is 3.90. The van der Waals surface area contributed by atoms with E-state index in [1.165, 1.54) is 5.56 Å². The number of para-hydroxylation sites is 1. The average Bonchev–Trinajstić information content (AvgIpc) is 2.70. The van der Waals surface area contributed by atoms with Gasteiger partial charge in [-0.1, -0.05) is 31.5 Å². The molecule has 0 radical (unpaired) electrons. The predicted octanol–water partition coefficient (Wildman–Crippen LogP) is 3.29. The van der Waals surface area contributed by atoms with Gasteiger partial charge in [-0.3, -0.25) is 4.90 Å². The Bertz CT molecular complexity index is 430. The smallest absolute Gasteiger partial charge is 0.324 e. The topological polar surface area (TPSA) is 23.6 Å². The van der Waals surface area contributed by atoms with E-state index < -0.39 is 0 Å². The minimum atomic E-state index is 0.126. The first-order valence-electron chi connectivity index (χ1n) is 6.77. The molecule has 1 aliphatic heterocycles. The molecule has 1 atom stereocenters. The van der Waals surface area contributed by atoms with Crippen molar-refractivity contribution in [1.82, 2.24) is 4.90 Å². The van der Waals surface area contributed by atoms with Crippen LogP contribution in [0.3, 0.4) is 0 Å². The number of hydrogen-bond acceptors (Lipinski definition) is 1. The van der Waals surface area contributed by atoms with Crippen molar-refractivity contribution in [3.05, 3.63) is 29.8 Å². The van der Waals surface area contributed by atoms with Crippen molar-refractivity contribution in [2.75, 3.05) is 18.5 Å². The molecular weight excluding hydrogens is 224 g/mol. The second kappa shape index (κ2) is 5.42.